The molecule has 1 atom stereocenters. The van der Waals surface area contributed by atoms with Crippen molar-refractivity contribution < 1.29 is 9.32 Å². The maximum Gasteiger partial charge on any atom is 0.227 e. The molecule has 0 saturated heterocycles. The molecule has 0 spiro atoms. The van der Waals surface area contributed by atoms with E-state index >= 15 is 0 Å². The minimum absolute atomic E-state index is 0.0493. The molecule has 1 aromatic heterocycles. The molecular weight excluding hydrogens is 374 g/mol. The van der Waals surface area contributed by atoms with Crippen molar-refractivity contribution in [3.05, 3.63) is 82.5 Å². The van der Waals surface area contributed by atoms with E-state index in [9.17, 15) is 4.79 Å². The summed E-state index contributed by atoms with van der Waals surface area (Å²) in [5.41, 5.74) is 5.79. The van der Waals surface area contributed by atoms with Gasteiger partial charge in [0.1, 0.15) is 0 Å². The molecule has 1 heterocycles. The third kappa shape index (κ3) is 3.42. The third-order valence-electron chi connectivity index (χ3n) is 6.53. The Morgan fingerprint density at radius 3 is 2.37 bits per heavy atom. The summed E-state index contributed by atoms with van der Waals surface area (Å²) in [6.45, 7) is 2.78. The zero-order valence-electron chi connectivity index (χ0n) is 17.3. The Morgan fingerprint density at radius 1 is 1.03 bits per heavy atom. The highest BCUT2D eigenvalue weighted by Gasteiger charge is 2.42. The number of amides is 1. The largest absolute Gasteiger partial charge is 0.356 e. The van der Waals surface area contributed by atoms with Crippen LogP contribution in [0, 0.1) is 5.92 Å². The molecule has 0 radical (unpaired) electrons. The monoisotopic (exact) mass is 401 g/mol. The van der Waals surface area contributed by atoms with E-state index in [2.05, 4.69) is 70.9 Å². The Bertz CT molecular complexity index is 1010. The van der Waals surface area contributed by atoms with Gasteiger partial charge in [0.25, 0.3) is 0 Å². The molecule has 2 bridgehead atoms. The SMILES string of the molecule is CCCc1noc(CCC(=O)NCC2CC3c4ccccc4C2c2ccccc23)n1. The Balaban J connectivity index is 1.24. The van der Waals surface area contributed by atoms with E-state index in [1.54, 1.807) is 0 Å². The van der Waals surface area contributed by atoms with E-state index in [0.717, 1.165) is 25.1 Å². The van der Waals surface area contributed by atoms with Crippen molar-refractivity contribution in [2.24, 2.45) is 5.92 Å². The molecule has 3 aliphatic carbocycles. The molecule has 1 amide bonds. The minimum Gasteiger partial charge on any atom is -0.356 e. The van der Waals surface area contributed by atoms with Crippen LogP contribution in [0.4, 0.5) is 0 Å². The summed E-state index contributed by atoms with van der Waals surface area (Å²) in [4.78, 5) is 16.8. The number of aromatic nitrogens is 2. The van der Waals surface area contributed by atoms with Crippen LogP contribution in [-0.2, 0) is 17.6 Å². The van der Waals surface area contributed by atoms with Gasteiger partial charge < -0.3 is 9.84 Å². The third-order valence-corrected chi connectivity index (χ3v) is 6.53. The lowest BCUT2D eigenvalue weighted by Crippen LogP contribution is -2.39. The van der Waals surface area contributed by atoms with Crippen molar-refractivity contribution in [1.82, 2.24) is 15.5 Å². The van der Waals surface area contributed by atoms with Crippen molar-refractivity contribution >= 4 is 5.91 Å². The van der Waals surface area contributed by atoms with E-state index in [4.69, 9.17) is 4.52 Å². The van der Waals surface area contributed by atoms with Crippen LogP contribution in [0.25, 0.3) is 0 Å². The molecule has 0 saturated carbocycles. The van der Waals surface area contributed by atoms with Gasteiger partial charge in [-0.1, -0.05) is 60.6 Å². The second kappa shape index (κ2) is 8.05. The number of hydrogen-bond acceptors (Lipinski definition) is 4. The quantitative estimate of drug-likeness (QED) is 0.638. The molecule has 154 valence electrons. The maximum absolute atomic E-state index is 12.5. The summed E-state index contributed by atoms with van der Waals surface area (Å²) in [6.07, 6.45) is 3.74. The molecule has 1 unspecified atom stereocenters. The Hall–Kier alpha value is -2.95. The van der Waals surface area contributed by atoms with Gasteiger partial charge in [-0.25, -0.2) is 0 Å². The number of carbonyl (C=O) groups is 1. The molecule has 3 aromatic rings. The molecule has 2 aromatic carbocycles. The van der Waals surface area contributed by atoms with Crippen molar-refractivity contribution in [3.63, 3.8) is 0 Å². The van der Waals surface area contributed by atoms with Gasteiger partial charge >= 0.3 is 0 Å². The number of nitrogens with zero attached hydrogens (tertiary/aromatic N) is 2. The van der Waals surface area contributed by atoms with Crippen molar-refractivity contribution in [1.29, 1.82) is 0 Å². The van der Waals surface area contributed by atoms with E-state index in [0.29, 0.717) is 43.0 Å². The first-order valence-corrected chi connectivity index (χ1v) is 11.0. The Morgan fingerprint density at radius 2 is 1.70 bits per heavy atom. The van der Waals surface area contributed by atoms with Gasteiger partial charge in [0.2, 0.25) is 11.8 Å². The van der Waals surface area contributed by atoms with Crippen LogP contribution in [0.15, 0.2) is 53.1 Å². The van der Waals surface area contributed by atoms with Crippen molar-refractivity contribution in [2.45, 2.75) is 50.9 Å². The van der Waals surface area contributed by atoms with Gasteiger partial charge in [-0.3, -0.25) is 4.79 Å². The molecule has 3 aliphatic rings. The highest BCUT2D eigenvalue weighted by atomic mass is 16.5. The molecule has 5 nitrogen and oxygen atoms in total. The molecule has 1 N–H and O–H groups in total. The number of benzene rings is 2. The highest BCUT2D eigenvalue weighted by Crippen LogP contribution is 2.55. The molecule has 0 fully saturated rings. The molecule has 6 rings (SSSR count). The Kier molecular flexibility index (Phi) is 5.11. The van der Waals surface area contributed by atoms with E-state index < -0.39 is 0 Å². The highest BCUT2D eigenvalue weighted by molar-refractivity contribution is 5.76. The average Bonchev–Trinajstić information content (AvgIpc) is 3.24. The lowest BCUT2D eigenvalue weighted by atomic mass is 9.59. The lowest BCUT2D eigenvalue weighted by Gasteiger charge is -2.45. The van der Waals surface area contributed by atoms with Crippen LogP contribution in [0.1, 0.15) is 72.0 Å². The fraction of sp³-hybridized carbons (Fsp3) is 0.400. The number of fused-ring (bicyclic) bond motifs is 1. The van der Waals surface area contributed by atoms with Crippen molar-refractivity contribution in [3.8, 4) is 0 Å². The summed E-state index contributed by atoms with van der Waals surface area (Å²) >= 11 is 0. The van der Waals surface area contributed by atoms with Gasteiger partial charge in [-0.05, 0) is 41.0 Å². The number of hydrogen-bond donors (Lipinski definition) is 1. The first-order chi connectivity index (χ1) is 14.7. The maximum atomic E-state index is 12.5. The predicted octanol–water partition coefficient (Wildman–Crippen LogP) is 4.37. The summed E-state index contributed by atoms with van der Waals surface area (Å²) in [7, 11) is 0. The first-order valence-electron chi connectivity index (χ1n) is 11.0. The lowest BCUT2D eigenvalue weighted by molar-refractivity contribution is -0.121. The van der Waals surface area contributed by atoms with E-state index in [1.807, 2.05) is 0 Å². The van der Waals surface area contributed by atoms with Gasteiger partial charge in [0, 0.05) is 37.6 Å². The smallest absolute Gasteiger partial charge is 0.227 e. The summed E-state index contributed by atoms with van der Waals surface area (Å²) < 4.78 is 5.24. The van der Waals surface area contributed by atoms with Crippen LogP contribution in [0.3, 0.4) is 0 Å². The van der Waals surface area contributed by atoms with E-state index in [-0.39, 0.29) is 5.91 Å². The van der Waals surface area contributed by atoms with Crippen LogP contribution in [-0.4, -0.2) is 22.6 Å². The predicted molar refractivity (Wildman–Crippen MR) is 114 cm³/mol. The second-order valence-electron chi connectivity index (χ2n) is 8.44. The van der Waals surface area contributed by atoms with Crippen LogP contribution < -0.4 is 5.32 Å². The fourth-order valence-electron chi connectivity index (χ4n) is 5.23. The van der Waals surface area contributed by atoms with Gasteiger partial charge in [-0.2, -0.15) is 4.98 Å². The molecule has 5 heteroatoms. The van der Waals surface area contributed by atoms with Crippen molar-refractivity contribution in [2.75, 3.05) is 6.54 Å². The Labute approximate surface area is 176 Å². The van der Waals surface area contributed by atoms with Crippen LogP contribution >= 0.6 is 0 Å². The number of nitrogens with one attached hydrogen (secondary N) is 1. The number of aryl methyl sites for hydroxylation is 2. The first kappa shape index (κ1) is 19.0. The standard InChI is InChI=1S/C25H27N3O2/c1-2-7-22-27-24(30-28-22)13-12-23(29)26-15-16-14-21-17-8-3-5-10-19(17)25(16)20-11-6-4-9-18(20)21/h3-6,8-11,16,21,25H,2,7,12-15H2,1H3,(H,26,29). The van der Waals surface area contributed by atoms with Gasteiger partial charge in [0.05, 0.1) is 0 Å². The zero-order chi connectivity index (χ0) is 20.5. The average molecular weight is 402 g/mol. The topological polar surface area (TPSA) is 68.0 Å². The zero-order valence-corrected chi connectivity index (χ0v) is 17.3. The number of carbonyl (C=O) groups excluding carboxylic acids is 1. The normalized spacial score (nSPS) is 21.2. The summed E-state index contributed by atoms with van der Waals surface area (Å²) in [6, 6.07) is 17.6. The van der Waals surface area contributed by atoms with Crippen LogP contribution in [0.2, 0.25) is 0 Å². The fourth-order valence-corrected chi connectivity index (χ4v) is 5.23. The van der Waals surface area contributed by atoms with Crippen LogP contribution in [0.5, 0.6) is 0 Å². The molecular formula is C25H27N3O2. The molecule has 0 aliphatic heterocycles. The van der Waals surface area contributed by atoms with Gasteiger partial charge in [-0.15, -0.1) is 0 Å². The number of rotatable bonds is 7. The second-order valence-corrected chi connectivity index (χ2v) is 8.44. The van der Waals surface area contributed by atoms with Gasteiger partial charge in [0.15, 0.2) is 5.82 Å². The summed E-state index contributed by atoms with van der Waals surface area (Å²) in [5.74, 6) is 2.53. The van der Waals surface area contributed by atoms with E-state index in [1.165, 1.54) is 22.3 Å². The summed E-state index contributed by atoms with van der Waals surface area (Å²) in [5, 5.41) is 7.13. The minimum atomic E-state index is 0.0493. The molecule has 30 heavy (non-hydrogen) atoms.